The quantitative estimate of drug-likeness (QED) is 0.245. The molecule has 0 saturated carbocycles. The van der Waals surface area contributed by atoms with Crippen LogP contribution < -0.4 is 0 Å². The van der Waals surface area contributed by atoms with Gasteiger partial charge in [0.25, 0.3) is 0 Å². The van der Waals surface area contributed by atoms with E-state index in [0.29, 0.717) is 22.3 Å². The Balaban J connectivity index is 0.00000342. The molecule has 0 saturated heterocycles. The van der Waals surface area contributed by atoms with E-state index in [4.69, 9.17) is 9.98 Å². The van der Waals surface area contributed by atoms with E-state index < -0.39 is 12.1 Å². The Morgan fingerprint density at radius 1 is 0.514 bits per heavy atom. The zero-order valence-corrected chi connectivity index (χ0v) is 19.6. The summed E-state index contributed by atoms with van der Waals surface area (Å²) in [6.07, 6.45) is 3.13. The molecule has 35 heavy (non-hydrogen) atoms. The first-order chi connectivity index (χ1) is 16.5. The Kier molecular flexibility index (Phi) is 8.67. The van der Waals surface area contributed by atoms with Crippen LogP contribution in [0.2, 0.25) is 0 Å². The van der Waals surface area contributed by atoms with E-state index in [9.17, 15) is 20.4 Å². The van der Waals surface area contributed by atoms with E-state index in [-0.39, 0.29) is 39.8 Å². The average molecular weight is 511 g/mol. The molecule has 7 heteroatoms. The molecule has 0 amide bonds. The molecule has 4 rings (SSSR count). The molecule has 0 fully saturated rings. The summed E-state index contributed by atoms with van der Waals surface area (Å²) in [5.41, 5.74) is 2.45. The monoisotopic (exact) mass is 511 g/mol. The van der Waals surface area contributed by atoms with Crippen LogP contribution in [0.1, 0.15) is 34.3 Å². The van der Waals surface area contributed by atoms with Crippen molar-refractivity contribution in [3.05, 3.63) is 119 Å². The van der Waals surface area contributed by atoms with Gasteiger partial charge in [-0.1, -0.05) is 48.5 Å². The van der Waals surface area contributed by atoms with Gasteiger partial charge in [0.05, 0.1) is 0 Å². The van der Waals surface area contributed by atoms with Crippen molar-refractivity contribution in [2.45, 2.75) is 12.1 Å². The van der Waals surface area contributed by atoms with Gasteiger partial charge in [-0.25, -0.2) is 0 Å². The first kappa shape index (κ1) is 25.5. The Bertz CT molecular complexity index is 1240. The first-order valence-electron chi connectivity index (χ1n) is 10.7. The summed E-state index contributed by atoms with van der Waals surface area (Å²) < 4.78 is 0. The second-order valence-corrected chi connectivity index (χ2v) is 7.75. The van der Waals surface area contributed by atoms with Crippen molar-refractivity contribution in [3.8, 4) is 23.0 Å². The predicted molar refractivity (Wildman–Crippen MR) is 133 cm³/mol. The Morgan fingerprint density at radius 3 is 1.29 bits per heavy atom. The molecule has 1 radical (unpaired) electrons. The fourth-order valence-electron chi connectivity index (χ4n) is 3.63. The normalized spacial score (nSPS) is 12.9. The molecule has 0 aliphatic carbocycles. The summed E-state index contributed by atoms with van der Waals surface area (Å²) in [7, 11) is 0. The van der Waals surface area contributed by atoms with E-state index in [1.54, 1.807) is 97.4 Å². The number of nitrogens with zero attached hydrogens (tertiary/aromatic N) is 2. The molecule has 0 heterocycles. The van der Waals surface area contributed by atoms with Gasteiger partial charge in [0.15, 0.2) is 0 Å². The third-order valence-corrected chi connectivity index (χ3v) is 5.34. The molecule has 0 aromatic heterocycles. The van der Waals surface area contributed by atoms with Crippen LogP contribution in [-0.2, 0) is 16.8 Å². The number of para-hydroxylation sites is 2. The summed E-state index contributed by atoms with van der Waals surface area (Å²) >= 11 is 0. The van der Waals surface area contributed by atoms with Crippen molar-refractivity contribution in [2.24, 2.45) is 9.98 Å². The summed E-state index contributed by atoms with van der Waals surface area (Å²) in [6.45, 7) is 0. The third kappa shape index (κ3) is 6.50. The summed E-state index contributed by atoms with van der Waals surface area (Å²) in [4.78, 5) is 9.51. The van der Waals surface area contributed by atoms with Crippen molar-refractivity contribution < 1.29 is 37.2 Å². The Labute approximate surface area is 213 Å². The van der Waals surface area contributed by atoms with Gasteiger partial charge in [0, 0.05) is 40.3 Å². The summed E-state index contributed by atoms with van der Waals surface area (Å²) in [5.74, 6) is 0.347. The minimum Gasteiger partial charge on any atom is -0.508 e. The van der Waals surface area contributed by atoms with Gasteiger partial charge in [0.2, 0.25) is 0 Å². The fraction of sp³-hybridized carbons (Fsp3) is 0.0714. The number of phenols is 4. The molecule has 2 unspecified atom stereocenters. The Hall–Kier alpha value is -4.07. The SMILES string of the molecule is Oc1cccc(C(N=Cc2ccccc2O)C(N=Cc2ccccc2O)c2cccc(O)c2)c1.[Co]. The molecular weight excluding hydrogens is 487 g/mol. The number of phenolic OH excluding ortho intramolecular Hbond substituents is 4. The topological polar surface area (TPSA) is 106 Å². The molecule has 0 aliphatic heterocycles. The molecule has 6 nitrogen and oxygen atoms in total. The van der Waals surface area contributed by atoms with E-state index in [2.05, 4.69) is 0 Å². The van der Waals surface area contributed by atoms with Gasteiger partial charge >= 0.3 is 0 Å². The van der Waals surface area contributed by atoms with Crippen LogP contribution in [-0.4, -0.2) is 32.9 Å². The van der Waals surface area contributed by atoms with E-state index >= 15 is 0 Å². The maximum Gasteiger partial charge on any atom is 0.124 e. The minimum absolute atomic E-state index is 0. The number of hydrogen-bond acceptors (Lipinski definition) is 6. The smallest absolute Gasteiger partial charge is 0.124 e. The number of aromatic hydroxyl groups is 4. The predicted octanol–water partition coefficient (Wildman–Crippen LogP) is 5.53. The molecule has 4 aromatic rings. The van der Waals surface area contributed by atoms with Gasteiger partial charge < -0.3 is 20.4 Å². The molecule has 4 N–H and O–H groups in total. The van der Waals surface area contributed by atoms with Crippen LogP contribution in [0.3, 0.4) is 0 Å². The largest absolute Gasteiger partial charge is 0.508 e. The Morgan fingerprint density at radius 2 is 0.914 bits per heavy atom. The van der Waals surface area contributed by atoms with Crippen molar-refractivity contribution in [1.29, 1.82) is 0 Å². The maximum absolute atomic E-state index is 10.2. The second-order valence-electron chi connectivity index (χ2n) is 7.75. The van der Waals surface area contributed by atoms with Crippen LogP contribution in [0.25, 0.3) is 0 Å². The zero-order valence-electron chi connectivity index (χ0n) is 18.6. The maximum atomic E-state index is 10.2. The van der Waals surface area contributed by atoms with Gasteiger partial charge in [0.1, 0.15) is 35.1 Å². The van der Waals surface area contributed by atoms with Gasteiger partial charge in [-0.3, -0.25) is 9.98 Å². The fourth-order valence-corrected chi connectivity index (χ4v) is 3.63. The molecule has 179 valence electrons. The molecule has 4 aromatic carbocycles. The molecule has 0 bridgehead atoms. The van der Waals surface area contributed by atoms with Crippen LogP contribution in [0.15, 0.2) is 107 Å². The summed E-state index contributed by atoms with van der Waals surface area (Å²) in [6, 6.07) is 25.9. The number of benzene rings is 4. The zero-order chi connectivity index (χ0) is 23.9. The van der Waals surface area contributed by atoms with Crippen LogP contribution in [0.5, 0.6) is 23.0 Å². The van der Waals surface area contributed by atoms with E-state index in [1.165, 1.54) is 0 Å². The van der Waals surface area contributed by atoms with Gasteiger partial charge in [-0.2, -0.15) is 0 Å². The van der Waals surface area contributed by atoms with Crippen LogP contribution >= 0.6 is 0 Å². The first-order valence-corrected chi connectivity index (χ1v) is 10.7. The molecule has 0 aliphatic rings. The molecule has 0 spiro atoms. The van der Waals surface area contributed by atoms with Gasteiger partial charge in [-0.05, 0) is 59.7 Å². The minimum atomic E-state index is -0.615. The number of hydrogen-bond donors (Lipinski definition) is 4. The summed E-state index contributed by atoms with van der Waals surface area (Å²) in [5, 5.41) is 40.6. The third-order valence-electron chi connectivity index (χ3n) is 5.34. The van der Waals surface area contributed by atoms with Crippen LogP contribution in [0.4, 0.5) is 0 Å². The van der Waals surface area contributed by atoms with Crippen LogP contribution in [0, 0.1) is 0 Å². The average Bonchev–Trinajstić information content (AvgIpc) is 2.83. The van der Waals surface area contributed by atoms with Crippen molar-refractivity contribution >= 4 is 12.4 Å². The molecular formula is C28H24CoN2O4. The molecule has 2 atom stereocenters. The van der Waals surface area contributed by atoms with E-state index in [0.717, 1.165) is 0 Å². The van der Waals surface area contributed by atoms with Crippen molar-refractivity contribution in [2.75, 3.05) is 0 Å². The second kappa shape index (κ2) is 11.9. The number of aliphatic imine (C=N–C) groups is 2. The standard InChI is InChI=1S/C28H24N2O4.Co/c31-23-11-5-9-19(15-23)27(29-17-21-7-1-3-13-25(21)33)28(20-10-6-12-24(32)16-20)30-18-22-8-2-4-14-26(22)34;/h1-18,27-28,31-34H;. The van der Waals surface area contributed by atoms with Gasteiger partial charge in [-0.15, -0.1) is 0 Å². The van der Waals surface area contributed by atoms with Crippen molar-refractivity contribution in [1.82, 2.24) is 0 Å². The van der Waals surface area contributed by atoms with E-state index in [1.807, 2.05) is 12.1 Å². The van der Waals surface area contributed by atoms with Crippen molar-refractivity contribution in [3.63, 3.8) is 0 Å². The number of rotatable bonds is 7.